The predicted molar refractivity (Wildman–Crippen MR) is 49.9 cm³/mol. The molecule has 3 heteroatoms. The van der Waals surface area contributed by atoms with Gasteiger partial charge >= 0.3 is 0 Å². The summed E-state index contributed by atoms with van der Waals surface area (Å²) in [7, 11) is 0. The molecule has 12 heavy (non-hydrogen) atoms. The highest BCUT2D eigenvalue weighted by molar-refractivity contribution is 6.06. The van der Waals surface area contributed by atoms with E-state index < -0.39 is 0 Å². The highest BCUT2D eigenvalue weighted by atomic mass is 15.7. The Labute approximate surface area is 72.4 Å². The standard InChI is InChI=1S/C9H12N3/c1-2-6-9(5-1)10-11-12-7-3-4-8-12/h1-2,5-6H,3-4,7-8H2/q-1. The number of nitrogens with zero attached hydrogens (tertiary/aromatic N) is 3. The van der Waals surface area contributed by atoms with Crippen LogP contribution in [0, 0.1) is 0 Å². The zero-order valence-electron chi connectivity index (χ0n) is 6.98. The van der Waals surface area contributed by atoms with Gasteiger partial charge in [0.25, 0.3) is 0 Å². The van der Waals surface area contributed by atoms with Gasteiger partial charge in [-0.25, -0.2) is 0 Å². The Balaban J connectivity index is 1.83. The molecule has 0 atom stereocenters. The average Bonchev–Trinajstić information content (AvgIpc) is 2.74. The summed E-state index contributed by atoms with van der Waals surface area (Å²) in [5, 5.41) is 6.12. The molecule has 1 fully saturated rings. The molecule has 0 bridgehead atoms. The Hall–Kier alpha value is -1.09. The summed E-state index contributed by atoms with van der Waals surface area (Å²) in [6.07, 6.45) is 10.4. The minimum atomic E-state index is 0.946. The van der Waals surface area contributed by atoms with E-state index in [9.17, 15) is 0 Å². The fourth-order valence-electron chi connectivity index (χ4n) is 1.34. The third-order valence-corrected chi connectivity index (χ3v) is 2.01. The maximum Gasteiger partial charge on any atom is 0.0417 e. The fourth-order valence-corrected chi connectivity index (χ4v) is 1.34. The second kappa shape index (κ2) is 3.54. The minimum Gasteiger partial charge on any atom is -0.537 e. The monoisotopic (exact) mass is 162 g/mol. The van der Waals surface area contributed by atoms with Crippen molar-refractivity contribution in [3.05, 3.63) is 29.8 Å². The Morgan fingerprint density at radius 1 is 1.17 bits per heavy atom. The van der Waals surface area contributed by atoms with Gasteiger partial charge in [0.1, 0.15) is 0 Å². The first kappa shape index (κ1) is 7.55. The highest BCUT2D eigenvalue weighted by Crippen LogP contribution is 2.12. The molecule has 2 rings (SSSR count). The van der Waals surface area contributed by atoms with Crippen molar-refractivity contribution in [3.8, 4) is 0 Å². The van der Waals surface area contributed by atoms with Crippen molar-refractivity contribution in [3.63, 3.8) is 0 Å². The first-order valence-electron chi connectivity index (χ1n) is 4.33. The first-order chi connectivity index (χ1) is 5.95. The van der Waals surface area contributed by atoms with Crippen LogP contribution in [0.3, 0.4) is 0 Å². The van der Waals surface area contributed by atoms with Crippen LogP contribution in [0.15, 0.2) is 29.4 Å². The first-order valence-corrected chi connectivity index (χ1v) is 4.33. The number of hydrogen-bond donors (Lipinski definition) is 0. The van der Waals surface area contributed by atoms with E-state index in [4.69, 9.17) is 0 Å². The Morgan fingerprint density at radius 2 is 1.83 bits per heavy atom. The molecule has 1 heterocycles. The molecule has 1 aliphatic carbocycles. The van der Waals surface area contributed by atoms with E-state index in [0.717, 1.165) is 18.8 Å². The van der Waals surface area contributed by atoms with Gasteiger partial charge in [-0.05, 0) is 38.1 Å². The van der Waals surface area contributed by atoms with Gasteiger partial charge in [-0.1, -0.05) is 12.2 Å². The van der Waals surface area contributed by atoms with Gasteiger partial charge in [0.05, 0.1) is 0 Å². The molecule has 0 saturated carbocycles. The van der Waals surface area contributed by atoms with Crippen molar-refractivity contribution in [2.75, 3.05) is 13.1 Å². The summed E-state index contributed by atoms with van der Waals surface area (Å²) in [6, 6.07) is 0. The second-order valence-corrected chi connectivity index (χ2v) is 2.99. The molecule has 2 aliphatic rings. The van der Waals surface area contributed by atoms with Gasteiger partial charge in [-0.3, -0.25) is 0 Å². The molecule has 0 N–H and O–H groups in total. The van der Waals surface area contributed by atoms with E-state index in [1.165, 1.54) is 12.8 Å². The van der Waals surface area contributed by atoms with Gasteiger partial charge in [0.15, 0.2) is 0 Å². The number of hydrogen-bond acceptors (Lipinski definition) is 2. The predicted octanol–water partition coefficient (Wildman–Crippen LogP) is 1.85. The molecule has 3 nitrogen and oxygen atoms in total. The summed E-state index contributed by atoms with van der Waals surface area (Å²) in [5.41, 5.74) is 5.07. The maximum absolute atomic E-state index is 4.12. The van der Waals surface area contributed by atoms with E-state index in [-0.39, 0.29) is 0 Å². The lowest BCUT2D eigenvalue weighted by Gasteiger charge is -2.29. The van der Waals surface area contributed by atoms with Crippen LogP contribution in [-0.2, 0) is 0 Å². The lowest BCUT2D eigenvalue weighted by Crippen LogP contribution is -2.11. The smallest absolute Gasteiger partial charge is 0.0417 e. The quantitative estimate of drug-likeness (QED) is 0.570. The third-order valence-electron chi connectivity index (χ3n) is 2.01. The topological polar surface area (TPSA) is 29.7 Å². The van der Waals surface area contributed by atoms with Crippen molar-refractivity contribution in [1.29, 1.82) is 0 Å². The fraction of sp³-hybridized carbons (Fsp3) is 0.444. The van der Waals surface area contributed by atoms with Crippen LogP contribution < -0.4 is 0 Å². The molecule has 0 aromatic carbocycles. The van der Waals surface area contributed by atoms with Crippen LogP contribution in [0.5, 0.6) is 0 Å². The lowest BCUT2D eigenvalue weighted by atomic mass is 10.4. The van der Waals surface area contributed by atoms with Crippen LogP contribution in [-0.4, -0.2) is 23.8 Å². The van der Waals surface area contributed by atoms with Crippen LogP contribution in [0.25, 0.3) is 5.53 Å². The molecule has 0 aromatic rings. The summed E-state index contributed by atoms with van der Waals surface area (Å²) in [6.45, 7) is 2.12. The Kier molecular flexibility index (Phi) is 2.23. The molecule has 0 amide bonds. The SMILES string of the molecule is C1=CC(=N[N-]N2CCCC2)C=C1. The Bertz CT molecular complexity index is 220. The zero-order valence-corrected chi connectivity index (χ0v) is 6.98. The van der Waals surface area contributed by atoms with Gasteiger partial charge in [-0.2, -0.15) is 0 Å². The van der Waals surface area contributed by atoms with Crippen LogP contribution in [0.1, 0.15) is 12.8 Å². The minimum absolute atomic E-state index is 0.946. The van der Waals surface area contributed by atoms with Gasteiger partial charge in [-0.15, -0.1) is 0 Å². The molecule has 0 aromatic heterocycles. The van der Waals surface area contributed by atoms with Crippen molar-refractivity contribution < 1.29 is 0 Å². The van der Waals surface area contributed by atoms with E-state index in [1.807, 2.05) is 29.3 Å². The van der Waals surface area contributed by atoms with Gasteiger partial charge in [0.2, 0.25) is 0 Å². The van der Waals surface area contributed by atoms with Crippen molar-refractivity contribution in [1.82, 2.24) is 5.01 Å². The molecular weight excluding hydrogens is 150 g/mol. The maximum atomic E-state index is 4.12. The van der Waals surface area contributed by atoms with E-state index in [0.29, 0.717) is 0 Å². The number of allylic oxidation sites excluding steroid dienone is 4. The molecule has 0 unspecified atom stereocenters. The summed E-state index contributed by atoms with van der Waals surface area (Å²) in [5.74, 6) is 0. The van der Waals surface area contributed by atoms with Crippen LogP contribution in [0.2, 0.25) is 0 Å². The van der Waals surface area contributed by atoms with Gasteiger partial charge in [0, 0.05) is 5.71 Å². The molecule has 64 valence electrons. The lowest BCUT2D eigenvalue weighted by molar-refractivity contribution is 0.425. The summed E-state index contributed by atoms with van der Waals surface area (Å²) >= 11 is 0. The highest BCUT2D eigenvalue weighted by Gasteiger charge is 2.01. The molecule has 1 saturated heterocycles. The van der Waals surface area contributed by atoms with Gasteiger partial charge < -0.3 is 15.6 Å². The third kappa shape index (κ3) is 1.74. The Morgan fingerprint density at radius 3 is 2.50 bits per heavy atom. The van der Waals surface area contributed by atoms with Crippen molar-refractivity contribution in [2.24, 2.45) is 5.10 Å². The summed E-state index contributed by atoms with van der Waals surface area (Å²) in [4.78, 5) is 0. The van der Waals surface area contributed by atoms with Crippen LogP contribution in [0.4, 0.5) is 0 Å². The van der Waals surface area contributed by atoms with Crippen LogP contribution >= 0.6 is 0 Å². The van der Waals surface area contributed by atoms with E-state index in [2.05, 4.69) is 10.6 Å². The van der Waals surface area contributed by atoms with Crippen molar-refractivity contribution in [2.45, 2.75) is 12.8 Å². The van der Waals surface area contributed by atoms with E-state index >= 15 is 0 Å². The zero-order chi connectivity index (χ0) is 8.23. The second-order valence-electron chi connectivity index (χ2n) is 2.99. The number of rotatable bonds is 2. The summed E-state index contributed by atoms with van der Waals surface area (Å²) < 4.78 is 0. The molecule has 0 spiro atoms. The largest absolute Gasteiger partial charge is 0.537 e. The molecule has 1 aliphatic heterocycles. The van der Waals surface area contributed by atoms with E-state index in [1.54, 1.807) is 0 Å². The molecular formula is C9H12N3-. The van der Waals surface area contributed by atoms with Crippen molar-refractivity contribution >= 4 is 5.71 Å². The molecule has 0 radical (unpaired) electrons. The average molecular weight is 162 g/mol. The normalized spacial score (nSPS) is 22.2.